The van der Waals surface area contributed by atoms with Crippen molar-refractivity contribution in [2.24, 2.45) is 5.73 Å². The monoisotopic (exact) mass is 273 g/mol. The Hall–Kier alpha value is -0.590. The third-order valence-corrected chi connectivity index (χ3v) is 3.26. The van der Waals surface area contributed by atoms with Crippen molar-refractivity contribution in [2.45, 2.75) is 45.3 Å². The molecule has 0 aliphatic heterocycles. The first kappa shape index (κ1) is 15.5. The van der Waals surface area contributed by atoms with Gasteiger partial charge in [-0.3, -0.25) is 0 Å². The summed E-state index contributed by atoms with van der Waals surface area (Å²) in [5.41, 5.74) is 5.99. The minimum atomic E-state index is -0.178. The minimum Gasteiger partial charge on any atom is -0.370 e. The molecule has 0 saturated carbocycles. The van der Waals surface area contributed by atoms with Crippen LogP contribution in [0.2, 0.25) is 0 Å². The van der Waals surface area contributed by atoms with Crippen molar-refractivity contribution >= 4 is 11.8 Å². The number of hydrogen-bond acceptors (Lipinski definition) is 6. The average molecular weight is 273 g/mol. The van der Waals surface area contributed by atoms with Crippen molar-refractivity contribution in [2.75, 3.05) is 18.6 Å². The smallest absolute Gasteiger partial charge is 0.243 e. The predicted octanol–water partition coefficient (Wildman–Crippen LogP) is 2.70. The van der Waals surface area contributed by atoms with Crippen molar-refractivity contribution < 1.29 is 9.26 Å². The standard InChI is InChI=1S/C12H23N3O2S/c1-4-6-10(16-5-2)11-14-12(17-15-11)9(13)7-8-18-3/h9-10H,4-8,13H2,1-3H3. The molecule has 1 aromatic rings. The Kier molecular flexibility index (Phi) is 7.31. The SMILES string of the molecule is CCCC(OCC)c1noc(C(N)CCSC)n1. The van der Waals surface area contributed by atoms with Crippen LogP contribution in [-0.2, 0) is 4.74 Å². The van der Waals surface area contributed by atoms with Gasteiger partial charge in [-0.1, -0.05) is 18.5 Å². The van der Waals surface area contributed by atoms with Crippen LogP contribution < -0.4 is 5.73 Å². The van der Waals surface area contributed by atoms with E-state index in [1.807, 2.05) is 6.92 Å². The summed E-state index contributed by atoms with van der Waals surface area (Å²) in [6, 6.07) is -0.178. The largest absolute Gasteiger partial charge is 0.370 e. The van der Waals surface area contributed by atoms with E-state index in [-0.39, 0.29) is 12.1 Å². The summed E-state index contributed by atoms with van der Waals surface area (Å²) in [5, 5.41) is 3.98. The maximum absolute atomic E-state index is 5.99. The molecule has 18 heavy (non-hydrogen) atoms. The van der Waals surface area contributed by atoms with Crippen molar-refractivity contribution in [3.63, 3.8) is 0 Å². The summed E-state index contributed by atoms with van der Waals surface area (Å²) in [6.07, 6.45) is 4.74. The third kappa shape index (κ3) is 4.59. The molecule has 1 rings (SSSR count). The van der Waals surface area contributed by atoms with Crippen molar-refractivity contribution in [3.05, 3.63) is 11.7 Å². The van der Waals surface area contributed by atoms with E-state index in [0.29, 0.717) is 18.3 Å². The fourth-order valence-electron chi connectivity index (χ4n) is 1.65. The quantitative estimate of drug-likeness (QED) is 0.745. The van der Waals surface area contributed by atoms with E-state index in [1.54, 1.807) is 11.8 Å². The van der Waals surface area contributed by atoms with Gasteiger partial charge in [0.05, 0.1) is 6.04 Å². The van der Waals surface area contributed by atoms with Crippen LogP contribution in [0.25, 0.3) is 0 Å². The number of aromatic nitrogens is 2. The van der Waals surface area contributed by atoms with E-state index >= 15 is 0 Å². The molecule has 2 unspecified atom stereocenters. The van der Waals surface area contributed by atoms with Crippen molar-refractivity contribution in [1.29, 1.82) is 0 Å². The van der Waals surface area contributed by atoms with Crippen LogP contribution >= 0.6 is 11.8 Å². The molecule has 2 atom stereocenters. The zero-order valence-corrected chi connectivity index (χ0v) is 12.2. The van der Waals surface area contributed by atoms with Crippen LogP contribution in [0.1, 0.15) is 57.0 Å². The Bertz CT molecular complexity index is 327. The first-order valence-corrected chi connectivity index (χ1v) is 7.81. The highest BCUT2D eigenvalue weighted by atomic mass is 32.2. The van der Waals surface area contributed by atoms with Crippen LogP contribution in [-0.4, -0.2) is 28.8 Å². The lowest BCUT2D eigenvalue weighted by Crippen LogP contribution is -2.12. The van der Waals surface area contributed by atoms with Gasteiger partial charge in [-0.15, -0.1) is 0 Å². The molecule has 5 nitrogen and oxygen atoms in total. The van der Waals surface area contributed by atoms with Gasteiger partial charge in [0.25, 0.3) is 0 Å². The number of thioether (sulfide) groups is 1. The minimum absolute atomic E-state index is 0.0785. The fourth-order valence-corrected chi connectivity index (χ4v) is 2.14. The number of rotatable bonds is 9. The molecular weight excluding hydrogens is 250 g/mol. The first-order valence-electron chi connectivity index (χ1n) is 6.42. The number of nitrogens with zero attached hydrogens (tertiary/aromatic N) is 2. The van der Waals surface area contributed by atoms with Crippen molar-refractivity contribution in [1.82, 2.24) is 10.1 Å². The summed E-state index contributed by atoms with van der Waals surface area (Å²) in [7, 11) is 0. The lowest BCUT2D eigenvalue weighted by atomic mass is 10.2. The fraction of sp³-hybridized carbons (Fsp3) is 0.833. The molecule has 104 valence electrons. The number of nitrogens with two attached hydrogens (primary N) is 1. The summed E-state index contributed by atoms with van der Waals surface area (Å²) in [5.74, 6) is 2.12. The topological polar surface area (TPSA) is 74.2 Å². The second-order valence-electron chi connectivity index (χ2n) is 4.11. The van der Waals surface area contributed by atoms with Gasteiger partial charge in [0.1, 0.15) is 6.10 Å². The van der Waals surface area contributed by atoms with Gasteiger partial charge in [0, 0.05) is 6.61 Å². The van der Waals surface area contributed by atoms with E-state index in [1.165, 1.54) is 0 Å². The van der Waals surface area contributed by atoms with Gasteiger partial charge in [0.15, 0.2) is 0 Å². The normalized spacial score (nSPS) is 14.7. The second-order valence-corrected chi connectivity index (χ2v) is 5.10. The Morgan fingerprint density at radius 1 is 1.39 bits per heavy atom. The van der Waals surface area contributed by atoms with Crippen LogP contribution in [0, 0.1) is 0 Å². The maximum atomic E-state index is 5.99. The summed E-state index contributed by atoms with van der Waals surface area (Å²) >= 11 is 1.76. The lowest BCUT2D eigenvalue weighted by Gasteiger charge is -2.11. The molecule has 0 aromatic carbocycles. The summed E-state index contributed by atoms with van der Waals surface area (Å²) in [4.78, 5) is 4.36. The lowest BCUT2D eigenvalue weighted by molar-refractivity contribution is 0.0477. The molecule has 0 fully saturated rings. The summed E-state index contributed by atoms with van der Waals surface area (Å²) < 4.78 is 10.8. The summed E-state index contributed by atoms with van der Waals surface area (Å²) in [6.45, 7) is 4.72. The van der Waals surface area contributed by atoms with Gasteiger partial charge in [0.2, 0.25) is 11.7 Å². The zero-order chi connectivity index (χ0) is 13.4. The highest BCUT2D eigenvalue weighted by Crippen LogP contribution is 2.22. The molecule has 0 aliphatic rings. The van der Waals surface area contributed by atoms with Crippen LogP contribution in [0.15, 0.2) is 4.52 Å². The van der Waals surface area contributed by atoms with Gasteiger partial charge >= 0.3 is 0 Å². The molecule has 1 heterocycles. The van der Waals surface area contributed by atoms with Crippen LogP contribution in [0.4, 0.5) is 0 Å². The molecule has 0 bridgehead atoms. The molecule has 6 heteroatoms. The van der Waals surface area contributed by atoms with E-state index in [0.717, 1.165) is 25.0 Å². The Morgan fingerprint density at radius 3 is 2.78 bits per heavy atom. The molecule has 0 amide bonds. The molecule has 0 aliphatic carbocycles. The third-order valence-electron chi connectivity index (χ3n) is 2.61. The van der Waals surface area contributed by atoms with Crippen LogP contribution in [0.5, 0.6) is 0 Å². The molecule has 1 aromatic heterocycles. The maximum Gasteiger partial charge on any atom is 0.243 e. The zero-order valence-electron chi connectivity index (χ0n) is 11.4. The van der Waals surface area contributed by atoms with E-state index in [9.17, 15) is 0 Å². The highest BCUT2D eigenvalue weighted by molar-refractivity contribution is 7.98. The average Bonchev–Trinajstić information content (AvgIpc) is 2.85. The van der Waals surface area contributed by atoms with Gasteiger partial charge in [-0.2, -0.15) is 16.7 Å². The van der Waals surface area contributed by atoms with Crippen LogP contribution in [0.3, 0.4) is 0 Å². The molecule has 0 radical (unpaired) electrons. The Morgan fingerprint density at radius 2 is 2.17 bits per heavy atom. The highest BCUT2D eigenvalue weighted by Gasteiger charge is 2.20. The Labute approximate surface area is 113 Å². The molecule has 2 N–H and O–H groups in total. The second kappa shape index (κ2) is 8.50. The van der Waals surface area contributed by atoms with Crippen molar-refractivity contribution in [3.8, 4) is 0 Å². The molecule has 0 saturated heterocycles. The van der Waals surface area contributed by atoms with E-state index < -0.39 is 0 Å². The van der Waals surface area contributed by atoms with E-state index in [4.69, 9.17) is 15.0 Å². The first-order chi connectivity index (χ1) is 8.72. The van der Waals surface area contributed by atoms with Gasteiger partial charge in [-0.25, -0.2) is 0 Å². The van der Waals surface area contributed by atoms with Gasteiger partial charge < -0.3 is 15.0 Å². The van der Waals surface area contributed by atoms with E-state index in [2.05, 4.69) is 23.3 Å². The number of ether oxygens (including phenoxy) is 1. The number of hydrogen-bond donors (Lipinski definition) is 1. The van der Waals surface area contributed by atoms with Gasteiger partial charge in [-0.05, 0) is 31.8 Å². The molecular formula is C12H23N3O2S. The Balaban J connectivity index is 2.64. The molecule has 0 spiro atoms. The predicted molar refractivity (Wildman–Crippen MR) is 73.5 cm³/mol.